The second-order valence-electron chi connectivity index (χ2n) is 8.88. The van der Waals surface area contributed by atoms with E-state index in [1.807, 2.05) is 97.9 Å². The minimum Gasteiger partial charge on any atom is -0.494 e. The minimum atomic E-state index is -0.134. The van der Waals surface area contributed by atoms with Crippen LogP contribution in [0.15, 0.2) is 97.2 Å². The number of nitrogens with zero attached hydrogens (tertiary/aromatic N) is 1. The Morgan fingerprint density at radius 2 is 1.53 bits per heavy atom. The highest BCUT2D eigenvalue weighted by Crippen LogP contribution is 2.27. The van der Waals surface area contributed by atoms with Crippen molar-refractivity contribution in [2.75, 3.05) is 13.2 Å². The van der Waals surface area contributed by atoms with Crippen LogP contribution in [0.4, 0.5) is 0 Å². The number of carbonyl (C=O) groups is 2. The maximum absolute atomic E-state index is 13.1. The first-order valence-corrected chi connectivity index (χ1v) is 13.0. The zero-order valence-electron chi connectivity index (χ0n) is 21.7. The second-order valence-corrected chi connectivity index (χ2v) is 8.88. The fourth-order valence-electron chi connectivity index (χ4n) is 4.26. The van der Waals surface area contributed by atoms with Crippen LogP contribution in [-0.4, -0.2) is 29.9 Å². The van der Waals surface area contributed by atoms with E-state index in [2.05, 4.69) is 15.6 Å². The topological polar surface area (TPSA) is 80.3 Å². The number of aromatic nitrogens is 1. The van der Waals surface area contributed by atoms with E-state index in [1.54, 1.807) is 6.20 Å². The third-order valence-electron chi connectivity index (χ3n) is 6.22. The fourth-order valence-corrected chi connectivity index (χ4v) is 4.26. The Labute approximate surface area is 224 Å². The van der Waals surface area contributed by atoms with Crippen LogP contribution in [0.25, 0.3) is 11.1 Å². The fraction of sp³-hybridized carbons (Fsp3) is 0.219. The van der Waals surface area contributed by atoms with Crippen molar-refractivity contribution in [3.05, 3.63) is 120 Å². The molecule has 0 unspecified atom stereocenters. The number of rotatable bonds is 12. The van der Waals surface area contributed by atoms with E-state index in [1.165, 1.54) is 0 Å². The van der Waals surface area contributed by atoms with Crippen LogP contribution >= 0.6 is 0 Å². The van der Waals surface area contributed by atoms with Gasteiger partial charge >= 0.3 is 0 Å². The summed E-state index contributed by atoms with van der Waals surface area (Å²) < 4.78 is 5.48. The smallest absolute Gasteiger partial charge is 0.251 e. The van der Waals surface area contributed by atoms with Crippen LogP contribution in [0.1, 0.15) is 40.5 Å². The molecule has 1 heterocycles. The van der Waals surface area contributed by atoms with Crippen LogP contribution in [0.5, 0.6) is 5.75 Å². The number of hydrogen-bond donors (Lipinski definition) is 2. The van der Waals surface area contributed by atoms with Gasteiger partial charge in [-0.2, -0.15) is 0 Å². The molecule has 0 aliphatic rings. The number of pyridine rings is 1. The first-order chi connectivity index (χ1) is 18.6. The summed E-state index contributed by atoms with van der Waals surface area (Å²) in [5, 5.41) is 6.05. The van der Waals surface area contributed by atoms with Gasteiger partial charge in [0.15, 0.2) is 0 Å². The van der Waals surface area contributed by atoms with Gasteiger partial charge in [-0.1, -0.05) is 60.7 Å². The third kappa shape index (κ3) is 7.53. The lowest BCUT2D eigenvalue weighted by Crippen LogP contribution is -2.26. The Balaban J connectivity index is 1.37. The highest BCUT2D eigenvalue weighted by molar-refractivity contribution is 6.01. The van der Waals surface area contributed by atoms with E-state index in [0.29, 0.717) is 44.5 Å². The van der Waals surface area contributed by atoms with Gasteiger partial charge in [0, 0.05) is 43.4 Å². The van der Waals surface area contributed by atoms with Crippen molar-refractivity contribution < 1.29 is 14.3 Å². The molecule has 0 saturated heterocycles. The van der Waals surface area contributed by atoms with Gasteiger partial charge in [0.1, 0.15) is 5.75 Å². The third-order valence-corrected chi connectivity index (χ3v) is 6.22. The molecule has 194 valence electrons. The molecule has 4 aromatic rings. The molecule has 0 fully saturated rings. The van der Waals surface area contributed by atoms with Gasteiger partial charge in [0.05, 0.1) is 6.61 Å². The van der Waals surface area contributed by atoms with Crippen molar-refractivity contribution in [3.63, 3.8) is 0 Å². The Morgan fingerprint density at radius 3 is 2.29 bits per heavy atom. The molecule has 0 aliphatic carbocycles. The average Bonchev–Trinajstić information content (AvgIpc) is 2.96. The highest BCUT2D eigenvalue weighted by atomic mass is 16.5. The molecule has 6 nitrogen and oxygen atoms in total. The lowest BCUT2D eigenvalue weighted by molar-refractivity contribution is -0.121. The standard InChI is InChI=1S/C32H33N3O3/c1-2-38-27-17-14-24(15-18-27)16-19-31(36)35-23-25-9-3-4-11-28(25)29-12-5-6-13-30(29)32(37)34-22-20-26-10-7-8-21-33-26/h3-15,17-18,21H,2,16,19-20,22-23H2,1H3,(H,34,37)(H,35,36). The van der Waals surface area contributed by atoms with E-state index >= 15 is 0 Å². The van der Waals surface area contributed by atoms with Crippen LogP contribution in [-0.2, 0) is 24.2 Å². The van der Waals surface area contributed by atoms with Crippen LogP contribution < -0.4 is 15.4 Å². The number of benzene rings is 3. The van der Waals surface area contributed by atoms with Gasteiger partial charge in [-0.3, -0.25) is 14.6 Å². The van der Waals surface area contributed by atoms with E-state index in [0.717, 1.165) is 33.7 Å². The van der Waals surface area contributed by atoms with Gasteiger partial charge in [0.25, 0.3) is 5.91 Å². The number of aryl methyl sites for hydroxylation is 1. The van der Waals surface area contributed by atoms with E-state index in [-0.39, 0.29) is 11.8 Å². The van der Waals surface area contributed by atoms with Crippen molar-refractivity contribution in [2.45, 2.75) is 32.7 Å². The summed E-state index contributed by atoms with van der Waals surface area (Å²) in [6, 6.07) is 29.0. The second kappa shape index (κ2) is 13.7. The first-order valence-electron chi connectivity index (χ1n) is 13.0. The SMILES string of the molecule is CCOc1ccc(CCC(=O)NCc2ccccc2-c2ccccc2C(=O)NCCc2ccccn2)cc1. The highest BCUT2D eigenvalue weighted by Gasteiger charge is 2.15. The van der Waals surface area contributed by atoms with Gasteiger partial charge in [-0.25, -0.2) is 0 Å². The molecule has 0 radical (unpaired) electrons. The molecule has 0 saturated carbocycles. The molecule has 0 aliphatic heterocycles. The summed E-state index contributed by atoms with van der Waals surface area (Å²) in [4.78, 5) is 30.0. The number of hydrogen-bond acceptors (Lipinski definition) is 4. The number of nitrogens with one attached hydrogen (secondary N) is 2. The van der Waals surface area contributed by atoms with Crippen LogP contribution in [0.3, 0.4) is 0 Å². The summed E-state index contributed by atoms with van der Waals surface area (Å²) in [6.07, 6.45) is 3.46. The summed E-state index contributed by atoms with van der Waals surface area (Å²) >= 11 is 0. The predicted molar refractivity (Wildman–Crippen MR) is 150 cm³/mol. The van der Waals surface area contributed by atoms with E-state index in [9.17, 15) is 9.59 Å². The van der Waals surface area contributed by atoms with Crippen molar-refractivity contribution in [3.8, 4) is 16.9 Å². The van der Waals surface area contributed by atoms with Gasteiger partial charge in [-0.05, 0) is 65.9 Å². The Bertz CT molecular complexity index is 1340. The quantitative estimate of drug-likeness (QED) is 0.270. The predicted octanol–water partition coefficient (Wildman–Crippen LogP) is 5.37. The summed E-state index contributed by atoms with van der Waals surface area (Å²) in [5.41, 5.74) is 5.34. The Hall–Kier alpha value is -4.45. The summed E-state index contributed by atoms with van der Waals surface area (Å²) in [7, 11) is 0. The molecule has 38 heavy (non-hydrogen) atoms. The molecule has 2 amide bonds. The maximum atomic E-state index is 13.1. The lowest BCUT2D eigenvalue weighted by atomic mass is 9.95. The molecule has 0 spiro atoms. The Morgan fingerprint density at radius 1 is 0.789 bits per heavy atom. The van der Waals surface area contributed by atoms with Gasteiger partial charge in [-0.15, -0.1) is 0 Å². The molecule has 6 heteroatoms. The van der Waals surface area contributed by atoms with Crippen LogP contribution in [0.2, 0.25) is 0 Å². The van der Waals surface area contributed by atoms with Gasteiger partial charge in [0.2, 0.25) is 5.91 Å². The molecule has 0 atom stereocenters. The van der Waals surface area contributed by atoms with Crippen molar-refractivity contribution in [1.29, 1.82) is 0 Å². The van der Waals surface area contributed by atoms with Crippen molar-refractivity contribution in [1.82, 2.24) is 15.6 Å². The first kappa shape index (κ1) is 26.6. The molecule has 0 bridgehead atoms. The van der Waals surface area contributed by atoms with E-state index in [4.69, 9.17) is 4.74 Å². The maximum Gasteiger partial charge on any atom is 0.251 e. The zero-order chi connectivity index (χ0) is 26.6. The lowest BCUT2D eigenvalue weighted by Gasteiger charge is -2.15. The summed E-state index contributed by atoms with van der Waals surface area (Å²) in [6.45, 7) is 3.46. The molecule has 2 N–H and O–H groups in total. The van der Waals surface area contributed by atoms with Crippen molar-refractivity contribution >= 4 is 11.8 Å². The molecule has 3 aromatic carbocycles. The zero-order valence-corrected chi connectivity index (χ0v) is 21.7. The molecular weight excluding hydrogens is 474 g/mol. The van der Waals surface area contributed by atoms with E-state index < -0.39 is 0 Å². The molecular formula is C32H33N3O3. The largest absolute Gasteiger partial charge is 0.494 e. The monoisotopic (exact) mass is 507 g/mol. The van der Waals surface area contributed by atoms with Gasteiger partial charge < -0.3 is 15.4 Å². The van der Waals surface area contributed by atoms with Crippen LogP contribution in [0, 0.1) is 0 Å². The number of ether oxygens (including phenoxy) is 1. The average molecular weight is 508 g/mol. The minimum absolute atomic E-state index is 0.0192. The number of carbonyl (C=O) groups excluding carboxylic acids is 2. The molecule has 1 aromatic heterocycles. The Kier molecular flexibility index (Phi) is 9.63. The summed E-state index contributed by atoms with van der Waals surface area (Å²) in [5.74, 6) is 0.680. The number of amides is 2. The normalized spacial score (nSPS) is 10.6. The molecule has 4 rings (SSSR count). The van der Waals surface area contributed by atoms with Crippen molar-refractivity contribution in [2.24, 2.45) is 0 Å².